The van der Waals surface area contributed by atoms with Crippen LogP contribution >= 0.6 is 0 Å². The van der Waals surface area contributed by atoms with Crippen LogP contribution in [0, 0.1) is 0 Å². The van der Waals surface area contributed by atoms with E-state index in [9.17, 15) is 9.59 Å². The normalized spacial score (nSPS) is 18.7. The molecule has 8 aromatic carbocycles. The second-order valence-electron chi connectivity index (χ2n) is 15.5. The van der Waals surface area contributed by atoms with Crippen molar-refractivity contribution in [3.63, 3.8) is 0 Å². The van der Waals surface area contributed by atoms with Crippen molar-refractivity contribution in [2.45, 2.75) is 0 Å². The van der Waals surface area contributed by atoms with Gasteiger partial charge in [-0.3, -0.25) is 8.47 Å². The van der Waals surface area contributed by atoms with Crippen molar-refractivity contribution in [2.24, 2.45) is 30.0 Å². The summed E-state index contributed by atoms with van der Waals surface area (Å²) in [5.74, 6) is 2.34. The summed E-state index contributed by atoms with van der Waals surface area (Å²) in [7, 11) is -5.04. The highest BCUT2D eigenvalue weighted by Gasteiger charge is 2.47. The van der Waals surface area contributed by atoms with Crippen LogP contribution < -0.4 is 11.0 Å². The molecule has 14 rings (SSSR count). The van der Waals surface area contributed by atoms with Crippen molar-refractivity contribution in [3.8, 4) is 0 Å². The molecule has 2 aromatic heterocycles. The third-order valence-corrected chi connectivity index (χ3v) is 14.2. The minimum Gasteiger partial charge on any atom is -0.377 e. The molecule has 0 fully saturated rings. The second-order valence-corrected chi connectivity index (χ2v) is 17.6. The summed E-state index contributed by atoms with van der Waals surface area (Å²) in [5, 5.41) is 10.8. The molecule has 0 aliphatic carbocycles. The van der Waals surface area contributed by atoms with Gasteiger partial charge in [-0.1, -0.05) is 97.1 Å². The van der Waals surface area contributed by atoms with Gasteiger partial charge in [0.25, 0.3) is 0 Å². The Hall–Kier alpha value is -7.70. The van der Waals surface area contributed by atoms with Crippen molar-refractivity contribution in [1.29, 1.82) is 0 Å². The van der Waals surface area contributed by atoms with Gasteiger partial charge in [0.05, 0.1) is 0 Å². The second kappa shape index (κ2) is 10.8. The molecule has 0 radical (unpaired) electrons. The number of aliphatic imine (C=N–C) groups is 4. The zero-order valence-electron chi connectivity index (χ0n) is 30.8. The molecule has 0 saturated carbocycles. The Bertz CT molecular complexity index is 3700. The standard InChI is InChI=1S/C48H26N8O2Si/c57-59(58)55-45-37-21-29-13-5-6-14-30(29)22-38(37)47(55)53-43-35-19-27-11-3-4-12-28(27)20-36(35)44(50-43)54-48-40-24-32-16-8-7-15-31(32)23-39(40)46(56(48)59)52-42-34-18-26-10-2-1-9-25(26)17-33(34)41(49-42)51-45/h1-24,57-58H/b51-41-,51-45?,52-42?,52-46-,53-43-,53-47?,54-44?,54-48-. The van der Waals surface area contributed by atoms with Gasteiger partial charge in [0.15, 0.2) is 23.3 Å². The number of aromatic nitrogens is 2. The molecule has 0 unspecified atom stereocenters. The largest absolute Gasteiger partial charge is 0.597 e. The van der Waals surface area contributed by atoms with Gasteiger partial charge in [-0.15, -0.1) is 0 Å². The van der Waals surface area contributed by atoms with E-state index in [0.717, 1.165) is 65.3 Å². The number of amidine groups is 4. The zero-order valence-corrected chi connectivity index (χ0v) is 31.8. The highest BCUT2D eigenvalue weighted by Crippen LogP contribution is 2.44. The summed E-state index contributed by atoms with van der Waals surface area (Å²) in [5.41, 5.74) is 3.85. The van der Waals surface area contributed by atoms with Crippen LogP contribution in [0.25, 0.3) is 64.6 Å². The Morgan fingerprint density at radius 1 is 0.322 bits per heavy atom. The lowest BCUT2D eigenvalue weighted by Gasteiger charge is -2.23. The number of nitrogens with zero attached hydrogens (tertiary/aromatic N) is 8. The van der Waals surface area contributed by atoms with Gasteiger partial charge in [-0.05, 0) is 91.6 Å². The Morgan fingerprint density at radius 2 is 0.610 bits per heavy atom. The van der Waals surface area contributed by atoms with Crippen molar-refractivity contribution in [1.82, 2.24) is 8.47 Å². The Labute approximate surface area is 334 Å². The fourth-order valence-electron chi connectivity index (χ4n) is 9.42. The van der Waals surface area contributed by atoms with E-state index >= 15 is 0 Å². The summed E-state index contributed by atoms with van der Waals surface area (Å²) < 4.78 is 3.07. The lowest BCUT2D eigenvalue weighted by Crippen LogP contribution is -2.60. The van der Waals surface area contributed by atoms with Gasteiger partial charge >= 0.3 is 8.88 Å². The molecular formula is C48H26N8O2Si. The summed E-state index contributed by atoms with van der Waals surface area (Å²) in [4.78, 5) is 58.5. The third-order valence-electron chi connectivity index (χ3n) is 12.2. The van der Waals surface area contributed by atoms with E-state index in [1.165, 1.54) is 8.47 Å². The number of hydrogen-bond donors (Lipinski definition) is 2. The minimum absolute atomic E-state index is 0.323. The van der Waals surface area contributed by atoms with E-state index in [0.29, 0.717) is 67.5 Å². The smallest absolute Gasteiger partial charge is 0.377 e. The van der Waals surface area contributed by atoms with Crippen LogP contribution in [0.1, 0.15) is 22.3 Å². The number of benzene rings is 8. The Balaban J connectivity index is 1.25. The highest BCUT2D eigenvalue weighted by molar-refractivity contribution is 6.63. The van der Waals surface area contributed by atoms with Gasteiger partial charge in [0.2, 0.25) is 0 Å². The molecule has 274 valence electrons. The molecule has 0 amide bonds. The summed E-state index contributed by atoms with van der Waals surface area (Å²) >= 11 is 0. The molecule has 10 aromatic rings. The van der Waals surface area contributed by atoms with Crippen molar-refractivity contribution in [3.05, 3.63) is 179 Å². The fraction of sp³-hybridized carbons (Fsp3) is 0. The lowest BCUT2D eigenvalue weighted by atomic mass is 10.0. The maximum absolute atomic E-state index is 13.4. The lowest BCUT2D eigenvalue weighted by molar-refractivity contribution is 0.324. The quantitative estimate of drug-likeness (QED) is 0.152. The van der Waals surface area contributed by atoms with E-state index in [1.807, 2.05) is 72.8 Å². The monoisotopic (exact) mass is 774 g/mol. The third kappa shape index (κ3) is 4.14. The average molecular weight is 775 g/mol. The van der Waals surface area contributed by atoms with Crippen LogP contribution in [0.2, 0.25) is 0 Å². The SMILES string of the molecule is O[Si]1(O)n2c3c4cc5ccccc5cc4c2/N=C2N=C(/N=c4/c5cc6ccccc6cc5/c(n41)=N/C1=NC(=N\3)/c3cc4ccccc4cc31)c1cc3ccccc3cc1\2. The summed E-state index contributed by atoms with van der Waals surface area (Å²) in [6, 6.07) is 49.1. The minimum atomic E-state index is -5.04. The molecule has 2 N–H and O–H groups in total. The molecule has 0 atom stereocenters. The first-order valence-corrected chi connectivity index (χ1v) is 21.2. The number of hydrogen-bond acceptors (Lipinski definition) is 8. The Kier molecular flexibility index (Phi) is 5.76. The molecule has 4 aliphatic rings. The number of rotatable bonds is 0. The fourth-order valence-corrected chi connectivity index (χ4v) is 11.4. The topological polar surface area (TPSA) is 124 Å². The molecule has 10 nitrogen and oxygen atoms in total. The molecule has 4 aliphatic heterocycles. The molecule has 0 saturated heterocycles. The van der Waals surface area contributed by atoms with Crippen LogP contribution in [-0.4, -0.2) is 50.3 Å². The maximum Gasteiger partial charge on any atom is 0.597 e. The summed E-state index contributed by atoms with van der Waals surface area (Å²) in [6.07, 6.45) is 0. The van der Waals surface area contributed by atoms with Crippen LogP contribution in [0.5, 0.6) is 0 Å². The first-order valence-electron chi connectivity index (χ1n) is 19.4. The predicted octanol–water partition coefficient (Wildman–Crippen LogP) is 7.97. The average Bonchev–Trinajstić information content (AvgIpc) is 3.95. The molecule has 11 heteroatoms. The zero-order chi connectivity index (χ0) is 38.7. The molecule has 6 heterocycles. The molecule has 6 bridgehead atoms. The van der Waals surface area contributed by atoms with Crippen LogP contribution in [0.15, 0.2) is 176 Å². The van der Waals surface area contributed by atoms with E-state index < -0.39 is 8.88 Å². The van der Waals surface area contributed by atoms with Crippen molar-refractivity contribution >= 4 is 108 Å². The van der Waals surface area contributed by atoms with Gasteiger partial charge < -0.3 is 9.59 Å². The Morgan fingerprint density at radius 3 is 0.949 bits per heavy atom. The van der Waals surface area contributed by atoms with Crippen molar-refractivity contribution < 1.29 is 9.59 Å². The van der Waals surface area contributed by atoms with E-state index in [-0.39, 0.29) is 0 Å². The van der Waals surface area contributed by atoms with Crippen LogP contribution in [0.4, 0.5) is 11.6 Å². The van der Waals surface area contributed by atoms with Crippen molar-refractivity contribution in [2.75, 3.05) is 0 Å². The molecular weight excluding hydrogens is 749 g/mol. The number of fused-ring (bicyclic) bond motifs is 18. The molecule has 0 spiro atoms. The van der Waals surface area contributed by atoms with Crippen LogP contribution in [-0.2, 0) is 0 Å². The van der Waals surface area contributed by atoms with Gasteiger partial charge in [-0.2, -0.15) is 0 Å². The van der Waals surface area contributed by atoms with E-state index in [4.69, 9.17) is 30.0 Å². The highest BCUT2D eigenvalue weighted by atomic mass is 28.4. The first kappa shape index (κ1) is 31.4. The van der Waals surface area contributed by atoms with Gasteiger partial charge in [0, 0.05) is 43.8 Å². The van der Waals surface area contributed by atoms with E-state index in [2.05, 4.69) is 72.8 Å². The van der Waals surface area contributed by atoms with Gasteiger partial charge in [-0.25, -0.2) is 30.0 Å². The molecule has 59 heavy (non-hydrogen) atoms. The first-order chi connectivity index (χ1) is 28.9. The van der Waals surface area contributed by atoms with Crippen LogP contribution in [0.3, 0.4) is 0 Å². The van der Waals surface area contributed by atoms with E-state index in [1.54, 1.807) is 0 Å². The predicted molar refractivity (Wildman–Crippen MR) is 236 cm³/mol. The summed E-state index contributed by atoms with van der Waals surface area (Å²) in [6.45, 7) is 0. The maximum atomic E-state index is 13.4. The van der Waals surface area contributed by atoms with Gasteiger partial charge in [0.1, 0.15) is 22.6 Å².